The molecule has 0 saturated carbocycles. The number of hydrogen-bond acceptors (Lipinski definition) is 2. The summed E-state index contributed by atoms with van der Waals surface area (Å²) in [6.45, 7) is 6.58. The Labute approximate surface area is 118 Å². The van der Waals surface area contributed by atoms with E-state index in [4.69, 9.17) is 0 Å². The average Bonchev–Trinajstić information content (AvgIpc) is 2.41. The summed E-state index contributed by atoms with van der Waals surface area (Å²) in [5, 5.41) is 2.77. The number of hydrogen-bond donors (Lipinski definition) is 1. The molecule has 6 heteroatoms. The summed E-state index contributed by atoms with van der Waals surface area (Å²) in [4.78, 5) is 26.0. The molecule has 1 heterocycles. The highest BCUT2D eigenvalue weighted by molar-refractivity contribution is 6.00. The van der Waals surface area contributed by atoms with Crippen LogP contribution in [-0.4, -0.2) is 41.3 Å². The van der Waals surface area contributed by atoms with E-state index in [1.165, 1.54) is 0 Å². The van der Waals surface area contributed by atoms with Crippen molar-refractivity contribution in [3.05, 3.63) is 0 Å². The molecule has 1 aliphatic rings. The Hall–Kier alpha value is -1.20. The summed E-state index contributed by atoms with van der Waals surface area (Å²) in [6, 6.07) is -0.798. The predicted molar refractivity (Wildman–Crippen MR) is 72.4 cm³/mol. The van der Waals surface area contributed by atoms with Crippen LogP contribution in [0.2, 0.25) is 0 Å². The minimum atomic E-state index is -2.64. The zero-order valence-electron chi connectivity index (χ0n) is 12.6. The van der Waals surface area contributed by atoms with Gasteiger partial charge in [0.15, 0.2) is 0 Å². The van der Waals surface area contributed by atoms with Crippen molar-refractivity contribution in [1.82, 2.24) is 10.2 Å². The number of amides is 2. The molecule has 4 nitrogen and oxygen atoms in total. The highest BCUT2D eigenvalue weighted by atomic mass is 19.3. The predicted octanol–water partition coefficient (Wildman–Crippen LogP) is 2.18. The maximum atomic E-state index is 12.8. The standard InChI is InChI=1S/C14H24F2N2O2/c1-5-9(4)11-12(19)17-14(6-2,7-3)13(20)18(11)8-10(15)16/h9-11H,5-8H2,1-4H3,(H,17,19). The van der Waals surface area contributed by atoms with Crippen LogP contribution in [0.3, 0.4) is 0 Å². The number of rotatable bonds is 6. The number of halogens is 2. The van der Waals surface area contributed by atoms with Crippen molar-refractivity contribution in [3.8, 4) is 0 Å². The quantitative estimate of drug-likeness (QED) is 0.815. The van der Waals surface area contributed by atoms with E-state index >= 15 is 0 Å². The summed E-state index contributed by atoms with van der Waals surface area (Å²) < 4.78 is 25.6. The van der Waals surface area contributed by atoms with Gasteiger partial charge in [-0.15, -0.1) is 0 Å². The fraction of sp³-hybridized carbons (Fsp3) is 0.857. The highest BCUT2D eigenvalue weighted by Crippen LogP contribution is 2.29. The van der Waals surface area contributed by atoms with Crippen LogP contribution in [0.1, 0.15) is 47.0 Å². The first-order chi connectivity index (χ1) is 9.32. The van der Waals surface area contributed by atoms with Crippen molar-refractivity contribution in [1.29, 1.82) is 0 Å². The van der Waals surface area contributed by atoms with E-state index in [0.29, 0.717) is 19.3 Å². The van der Waals surface area contributed by atoms with Crippen molar-refractivity contribution < 1.29 is 18.4 Å². The molecule has 1 rings (SSSR count). The molecule has 0 radical (unpaired) electrons. The Balaban J connectivity index is 3.17. The van der Waals surface area contributed by atoms with Crippen LogP contribution in [0.15, 0.2) is 0 Å². The smallest absolute Gasteiger partial charge is 0.255 e. The van der Waals surface area contributed by atoms with E-state index in [9.17, 15) is 18.4 Å². The molecule has 0 aromatic carbocycles. The molecule has 1 saturated heterocycles. The van der Waals surface area contributed by atoms with E-state index in [2.05, 4.69) is 5.32 Å². The highest BCUT2D eigenvalue weighted by Gasteiger charge is 2.50. The molecule has 0 aromatic heterocycles. The van der Waals surface area contributed by atoms with Crippen LogP contribution < -0.4 is 5.32 Å². The molecule has 1 aliphatic heterocycles. The summed E-state index contributed by atoms with van der Waals surface area (Å²) in [5.41, 5.74) is -1.03. The van der Waals surface area contributed by atoms with E-state index in [1.807, 2.05) is 6.92 Å². The van der Waals surface area contributed by atoms with Gasteiger partial charge in [-0.25, -0.2) is 8.78 Å². The van der Waals surface area contributed by atoms with Gasteiger partial charge in [0.25, 0.3) is 6.43 Å². The Morgan fingerprint density at radius 1 is 1.25 bits per heavy atom. The zero-order valence-corrected chi connectivity index (χ0v) is 12.6. The zero-order chi connectivity index (χ0) is 15.5. The fourth-order valence-corrected chi connectivity index (χ4v) is 2.77. The number of nitrogens with one attached hydrogen (secondary N) is 1. The second-order valence-electron chi connectivity index (χ2n) is 5.46. The summed E-state index contributed by atoms with van der Waals surface area (Å²) in [5.74, 6) is -0.847. The monoisotopic (exact) mass is 290 g/mol. The molecule has 2 atom stereocenters. The summed E-state index contributed by atoms with van der Waals surface area (Å²) in [7, 11) is 0. The Kier molecular flexibility index (Phi) is 5.48. The van der Waals surface area contributed by atoms with Gasteiger partial charge in [-0.05, 0) is 18.8 Å². The van der Waals surface area contributed by atoms with Gasteiger partial charge in [-0.3, -0.25) is 9.59 Å². The van der Waals surface area contributed by atoms with E-state index in [1.54, 1.807) is 20.8 Å². The lowest BCUT2D eigenvalue weighted by Gasteiger charge is -2.47. The summed E-state index contributed by atoms with van der Waals surface area (Å²) in [6.07, 6.45) is -1.18. The number of alkyl halides is 2. The molecular weight excluding hydrogens is 266 g/mol. The van der Waals surface area contributed by atoms with Crippen molar-refractivity contribution >= 4 is 11.8 Å². The van der Waals surface area contributed by atoms with Crippen LogP contribution in [0.4, 0.5) is 8.78 Å². The third-order valence-electron chi connectivity index (χ3n) is 4.36. The van der Waals surface area contributed by atoms with Crippen molar-refractivity contribution in [2.24, 2.45) is 5.92 Å². The van der Waals surface area contributed by atoms with E-state index in [-0.39, 0.29) is 17.7 Å². The molecular formula is C14H24F2N2O2. The number of carbonyl (C=O) groups excluding carboxylic acids is 2. The van der Waals surface area contributed by atoms with Gasteiger partial charge in [0, 0.05) is 0 Å². The van der Waals surface area contributed by atoms with Gasteiger partial charge < -0.3 is 10.2 Å². The molecule has 1 N–H and O–H groups in total. The minimum Gasteiger partial charge on any atom is -0.340 e. The molecule has 2 amide bonds. The molecule has 20 heavy (non-hydrogen) atoms. The lowest BCUT2D eigenvalue weighted by Crippen LogP contribution is -2.71. The first kappa shape index (κ1) is 16.9. The van der Waals surface area contributed by atoms with Crippen LogP contribution in [0.25, 0.3) is 0 Å². The van der Waals surface area contributed by atoms with Gasteiger partial charge in [0.2, 0.25) is 11.8 Å². The fourth-order valence-electron chi connectivity index (χ4n) is 2.77. The van der Waals surface area contributed by atoms with Gasteiger partial charge in [-0.2, -0.15) is 0 Å². The topological polar surface area (TPSA) is 49.4 Å². The van der Waals surface area contributed by atoms with Gasteiger partial charge >= 0.3 is 0 Å². The summed E-state index contributed by atoms with van der Waals surface area (Å²) >= 11 is 0. The number of carbonyl (C=O) groups is 2. The Bertz CT molecular complexity index is 370. The largest absolute Gasteiger partial charge is 0.340 e. The van der Waals surface area contributed by atoms with Crippen LogP contribution in [0.5, 0.6) is 0 Å². The average molecular weight is 290 g/mol. The maximum absolute atomic E-state index is 12.8. The number of nitrogens with zero attached hydrogens (tertiary/aromatic N) is 1. The molecule has 0 aromatic rings. The molecule has 116 valence electrons. The second-order valence-corrected chi connectivity index (χ2v) is 5.46. The van der Waals surface area contributed by atoms with Crippen LogP contribution in [0, 0.1) is 5.92 Å². The molecule has 0 bridgehead atoms. The first-order valence-electron chi connectivity index (χ1n) is 7.24. The lowest BCUT2D eigenvalue weighted by molar-refractivity contribution is -0.160. The van der Waals surface area contributed by atoms with Crippen molar-refractivity contribution in [3.63, 3.8) is 0 Å². The normalized spacial score (nSPS) is 23.9. The lowest BCUT2D eigenvalue weighted by atomic mass is 9.84. The van der Waals surface area contributed by atoms with Gasteiger partial charge in [0.1, 0.15) is 11.6 Å². The third-order valence-corrected chi connectivity index (χ3v) is 4.36. The number of piperazine rings is 1. The van der Waals surface area contributed by atoms with Gasteiger partial charge in [0.05, 0.1) is 6.54 Å². The van der Waals surface area contributed by atoms with Gasteiger partial charge in [-0.1, -0.05) is 34.1 Å². The van der Waals surface area contributed by atoms with Crippen molar-refractivity contribution in [2.75, 3.05) is 6.54 Å². The molecule has 2 unspecified atom stereocenters. The van der Waals surface area contributed by atoms with E-state index in [0.717, 1.165) is 4.90 Å². The van der Waals surface area contributed by atoms with E-state index < -0.39 is 24.6 Å². The Morgan fingerprint density at radius 2 is 1.80 bits per heavy atom. The molecule has 1 fully saturated rings. The first-order valence-corrected chi connectivity index (χ1v) is 7.24. The SMILES string of the molecule is CCC(C)C1C(=O)NC(CC)(CC)C(=O)N1CC(F)F. The second kappa shape index (κ2) is 6.50. The molecule has 0 aliphatic carbocycles. The minimum absolute atomic E-state index is 0.149. The molecule has 0 spiro atoms. The third kappa shape index (κ3) is 2.94. The maximum Gasteiger partial charge on any atom is 0.255 e. The van der Waals surface area contributed by atoms with Crippen LogP contribution in [-0.2, 0) is 9.59 Å². The Morgan fingerprint density at radius 3 is 2.20 bits per heavy atom. The van der Waals surface area contributed by atoms with Crippen LogP contribution >= 0.6 is 0 Å². The van der Waals surface area contributed by atoms with Crippen molar-refractivity contribution in [2.45, 2.75) is 65.0 Å².